The van der Waals surface area contributed by atoms with Gasteiger partial charge in [0.2, 0.25) is 0 Å². The number of aliphatic hydroxyl groups is 1. The van der Waals surface area contributed by atoms with E-state index in [0.29, 0.717) is 6.42 Å². The van der Waals surface area contributed by atoms with Gasteiger partial charge in [-0.1, -0.05) is 28.1 Å². The number of benzene rings is 2. The van der Waals surface area contributed by atoms with Crippen LogP contribution in [-0.2, 0) is 6.42 Å². The van der Waals surface area contributed by atoms with E-state index in [4.69, 9.17) is 4.74 Å². The second-order valence-corrected chi connectivity index (χ2v) is 5.54. The van der Waals surface area contributed by atoms with Gasteiger partial charge in [0, 0.05) is 10.9 Å². The number of aliphatic hydroxyl groups excluding tert-OH is 1. The molecule has 0 aromatic heterocycles. The second-order valence-electron chi connectivity index (χ2n) is 4.68. The third-order valence-electron chi connectivity index (χ3n) is 3.24. The number of hydrogen-bond donors (Lipinski definition) is 1. The first-order valence-electron chi connectivity index (χ1n) is 6.28. The number of rotatable bonds is 4. The number of halogens is 2. The highest BCUT2D eigenvalue weighted by Gasteiger charge is 2.13. The van der Waals surface area contributed by atoms with Gasteiger partial charge in [-0.25, -0.2) is 4.39 Å². The lowest BCUT2D eigenvalue weighted by Gasteiger charge is -2.14. The first-order chi connectivity index (χ1) is 9.51. The Morgan fingerprint density at radius 2 is 2.00 bits per heavy atom. The predicted molar refractivity (Wildman–Crippen MR) is 80.5 cm³/mol. The molecule has 1 N–H and O–H groups in total. The summed E-state index contributed by atoms with van der Waals surface area (Å²) >= 11 is 3.37. The Balaban J connectivity index is 2.23. The fraction of sp³-hybridized carbons (Fsp3) is 0.250. The Morgan fingerprint density at radius 3 is 2.70 bits per heavy atom. The topological polar surface area (TPSA) is 29.5 Å². The molecule has 0 radical (unpaired) electrons. The zero-order valence-corrected chi connectivity index (χ0v) is 12.9. The summed E-state index contributed by atoms with van der Waals surface area (Å²) in [4.78, 5) is 0. The standard InChI is InChI=1S/C16H16BrFO2/c1-10-3-4-11(9-16(10)20-2)15(19)8-12-7-13(18)5-6-14(12)17/h3-7,9,15,19H,8H2,1-2H3. The molecule has 0 saturated heterocycles. The van der Waals surface area contributed by atoms with Crippen molar-refractivity contribution in [1.29, 1.82) is 0 Å². The van der Waals surface area contributed by atoms with Gasteiger partial charge in [-0.15, -0.1) is 0 Å². The number of hydrogen-bond acceptors (Lipinski definition) is 2. The summed E-state index contributed by atoms with van der Waals surface area (Å²) < 4.78 is 19.3. The molecule has 0 fully saturated rings. The minimum Gasteiger partial charge on any atom is -0.496 e. The van der Waals surface area contributed by atoms with Gasteiger partial charge >= 0.3 is 0 Å². The summed E-state index contributed by atoms with van der Waals surface area (Å²) in [5, 5.41) is 10.3. The highest BCUT2D eigenvalue weighted by atomic mass is 79.9. The molecule has 0 spiro atoms. The van der Waals surface area contributed by atoms with Crippen molar-refractivity contribution in [2.24, 2.45) is 0 Å². The predicted octanol–water partition coefficient (Wildman–Crippen LogP) is 4.18. The van der Waals surface area contributed by atoms with Crippen molar-refractivity contribution in [1.82, 2.24) is 0 Å². The number of methoxy groups -OCH3 is 1. The average molecular weight is 339 g/mol. The van der Waals surface area contributed by atoms with Crippen LogP contribution >= 0.6 is 15.9 Å². The third kappa shape index (κ3) is 3.38. The molecular formula is C16H16BrFO2. The second kappa shape index (κ2) is 6.37. The molecule has 106 valence electrons. The molecule has 4 heteroatoms. The van der Waals surface area contributed by atoms with Crippen LogP contribution in [0.3, 0.4) is 0 Å². The summed E-state index contributed by atoms with van der Waals surface area (Å²) in [6.45, 7) is 1.94. The zero-order valence-electron chi connectivity index (χ0n) is 11.4. The van der Waals surface area contributed by atoms with Crippen LogP contribution in [0.4, 0.5) is 4.39 Å². The van der Waals surface area contributed by atoms with Crippen LogP contribution < -0.4 is 4.74 Å². The van der Waals surface area contributed by atoms with Crippen molar-refractivity contribution in [3.8, 4) is 5.75 Å². The average Bonchev–Trinajstić information content (AvgIpc) is 2.43. The first-order valence-corrected chi connectivity index (χ1v) is 7.07. The van der Waals surface area contributed by atoms with E-state index >= 15 is 0 Å². The molecule has 2 aromatic rings. The van der Waals surface area contributed by atoms with E-state index in [1.54, 1.807) is 13.2 Å². The van der Waals surface area contributed by atoms with Gasteiger partial charge in [0.15, 0.2) is 0 Å². The van der Waals surface area contributed by atoms with Crippen molar-refractivity contribution in [2.45, 2.75) is 19.4 Å². The minimum absolute atomic E-state index is 0.308. The quantitative estimate of drug-likeness (QED) is 0.905. The molecule has 0 aliphatic rings. The van der Waals surface area contributed by atoms with Gasteiger partial charge < -0.3 is 9.84 Å². The summed E-state index contributed by atoms with van der Waals surface area (Å²) in [6.07, 6.45) is -0.368. The Hall–Kier alpha value is -1.39. The summed E-state index contributed by atoms with van der Waals surface area (Å²) in [5.41, 5.74) is 2.50. The molecule has 0 heterocycles. The van der Waals surface area contributed by atoms with E-state index in [0.717, 1.165) is 26.9 Å². The molecule has 20 heavy (non-hydrogen) atoms. The Morgan fingerprint density at radius 1 is 1.25 bits per heavy atom. The third-order valence-corrected chi connectivity index (χ3v) is 4.01. The largest absolute Gasteiger partial charge is 0.496 e. The molecule has 1 unspecified atom stereocenters. The van der Waals surface area contributed by atoms with Gasteiger partial charge in [-0.3, -0.25) is 0 Å². The molecule has 2 rings (SSSR count). The molecule has 2 aromatic carbocycles. The maximum atomic E-state index is 13.2. The van der Waals surface area contributed by atoms with Crippen LogP contribution in [0.5, 0.6) is 5.75 Å². The maximum absolute atomic E-state index is 13.2. The van der Waals surface area contributed by atoms with Gasteiger partial charge in [0.1, 0.15) is 11.6 Å². The normalized spacial score (nSPS) is 12.2. The lowest BCUT2D eigenvalue weighted by atomic mass is 10.00. The number of ether oxygens (including phenoxy) is 1. The molecule has 0 aliphatic heterocycles. The maximum Gasteiger partial charge on any atom is 0.123 e. The van der Waals surface area contributed by atoms with E-state index in [2.05, 4.69) is 15.9 Å². The highest BCUT2D eigenvalue weighted by Crippen LogP contribution is 2.28. The lowest BCUT2D eigenvalue weighted by Crippen LogP contribution is -2.03. The molecule has 0 saturated carbocycles. The van der Waals surface area contributed by atoms with Crippen molar-refractivity contribution in [3.63, 3.8) is 0 Å². The van der Waals surface area contributed by atoms with Crippen LogP contribution in [0.1, 0.15) is 22.8 Å². The van der Waals surface area contributed by atoms with Crippen LogP contribution in [0.2, 0.25) is 0 Å². The van der Waals surface area contributed by atoms with Gasteiger partial charge in [0.05, 0.1) is 13.2 Å². The summed E-state index contributed by atoms with van der Waals surface area (Å²) in [6, 6.07) is 10.0. The SMILES string of the molecule is COc1cc(C(O)Cc2cc(F)ccc2Br)ccc1C. The Labute approximate surface area is 126 Å². The zero-order chi connectivity index (χ0) is 14.7. The van der Waals surface area contributed by atoms with E-state index in [1.165, 1.54) is 12.1 Å². The van der Waals surface area contributed by atoms with Gasteiger partial charge in [-0.05, 0) is 47.9 Å². The van der Waals surface area contributed by atoms with Gasteiger partial charge in [0.25, 0.3) is 0 Å². The van der Waals surface area contributed by atoms with Gasteiger partial charge in [-0.2, -0.15) is 0 Å². The van der Waals surface area contributed by atoms with Crippen LogP contribution in [-0.4, -0.2) is 12.2 Å². The Bertz CT molecular complexity index is 613. The summed E-state index contributed by atoms with van der Waals surface area (Å²) in [5.74, 6) is 0.428. The molecular weight excluding hydrogens is 323 g/mol. The van der Waals surface area contributed by atoms with E-state index < -0.39 is 6.10 Å². The molecule has 0 aliphatic carbocycles. The molecule has 1 atom stereocenters. The van der Waals surface area contributed by atoms with Crippen LogP contribution in [0.25, 0.3) is 0 Å². The number of aryl methyl sites for hydroxylation is 1. The van der Waals surface area contributed by atoms with Crippen molar-refractivity contribution < 1.29 is 14.2 Å². The van der Waals surface area contributed by atoms with Crippen LogP contribution in [0, 0.1) is 12.7 Å². The monoisotopic (exact) mass is 338 g/mol. The fourth-order valence-corrected chi connectivity index (χ4v) is 2.48. The van der Waals surface area contributed by atoms with Crippen molar-refractivity contribution >= 4 is 15.9 Å². The van der Waals surface area contributed by atoms with Crippen LogP contribution in [0.15, 0.2) is 40.9 Å². The van der Waals surface area contributed by atoms with Crippen molar-refractivity contribution in [3.05, 3.63) is 63.4 Å². The van der Waals surface area contributed by atoms with E-state index in [1.807, 2.05) is 25.1 Å². The molecule has 0 bridgehead atoms. The molecule has 2 nitrogen and oxygen atoms in total. The first kappa shape index (κ1) is 15.0. The van der Waals surface area contributed by atoms with E-state index in [9.17, 15) is 9.50 Å². The molecule has 0 amide bonds. The minimum atomic E-state index is -0.706. The fourth-order valence-electron chi connectivity index (χ4n) is 2.07. The van der Waals surface area contributed by atoms with E-state index in [-0.39, 0.29) is 5.82 Å². The summed E-state index contributed by atoms with van der Waals surface area (Å²) in [7, 11) is 1.60. The van der Waals surface area contributed by atoms with Crippen molar-refractivity contribution in [2.75, 3.05) is 7.11 Å². The smallest absolute Gasteiger partial charge is 0.123 e. The lowest BCUT2D eigenvalue weighted by molar-refractivity contribution is 0.177. The Kier molecular flexibility index (Phi) is 4.78. The highest BCUT2D eigenvalue weighted by molar-refractivity contribution is 9.10.